The van der Waals surface area contributed by atoms with Crippen molar-refractivity contribution in [2.24, 2.45) is 0 Å². The lowest BCUT2D eigenvalue weighted by Crippen LogP contribution is -2.14. The molecule has 4 N–H and O–H groups in total. The fraction of sp³-hybridized carbons (Fsp3) is 0. The van der Waals surface area contributed by atoms with Gasteiger partial charge in [-0.15, -0.1) is 5.10 Å². The van der Waals surface area contributed by atoms with Crippen LogP contribution in [0.4, 0.5) is 5.69 Å². The average Bonchev–Trinajstić information content (AvgIpc) is 2.96. The summed E-state index contributed by atoms with van der Waals surface area (Å²) in [4.78, 5) is 24.8. The van der Waals surface area contributed by atoms with Crippen LogP contribution in [0.25, 0.3) is 10.9 Å². The summed E-state index contributed by atoms with van der Waals surface area (Å²) in [7, 11) is 0. The first-order valence-corrected chi connectivity index (χ1v) is 5.11. The van der Waals surface area contributed by atoms with E-state index in [0.717, 1.165) is 10.9 Å². The number of H-pyrrole nitrogens is 3. The van der Waals surface area contributed by atoms with Crippen LogP contribution >= 0.6 is 0 Å². The summed E-state index contributed by atoms with van der Waals surface area (Å²) in [6.45, 7) is 0. The number of aromatic amines is 3. The van der Waals surface area contributed by atoms with Crippen LogP contribution in [-0.4, -0.2) is 31.3 Å². The zero-order valence-corrected chi connectivity index (χ0v) is 9.02. The van der Waals surface area contributed by atoms with E-state index in [1.54, 1.807) is 18.3 Å². The maximum absolute atomic E-state index is 11.7. The number of amides is 1. The summed E-state index contributed by atoms with van der Waals surface area (Å²) < 4.78 is 0. The molecule has 3 aromatic rings. The lowest BCUT2D eigenvalue weighted by Gasteiger charge is -2.02. The van der Waals surface area contributed by atoms with Crippen LogP contribution in [0.2, 0.25) is 0 Å². The number of nitrogens with zero attached hydrogens (tertiary/aromatic N) is 2. The summed E-state index contributed by atoms with van der Waals surface area (Å²) in [6, 6.07) is 5.30. The monoisotopic (exact) mass is 244 g/mol. The molecule has 2 heterocycles. The van der Waals surface area contributed by atoms with Crippen molar-refractivity contribution in [1.82, 2.24) is 25.4 Å². The molecule has 90 valence electrons. The van der Waals surface area contributed by atoms with Crippen molar-refractivity contribution >= 4 is 22.5 Å². The van der Waals surface area contributed by atoms with Gasteiger partial charge < -0.3 is 5.32 Å². The molecule has 2 aromatic heterocycles. The number of carbonyl (C=O) groups excluding carboxylic acids is 1. The highest BCUT2D eigenvalue weighted by atomic mass is 16.2. The van der Waals surface area contributed by atoms with Gasteiger partial charge in [0.25, 0.3) is 5.91 Å². The third kappa shape index (κ3) is 1.75. The summed E-state index contributed by atoms with van der Waals surface area (Å²) in [5.74, 6) is -0.558. The molecule has 0 aliphatic carbocycles. The van der Waals surface area contributed by atoms with E-state index in [2.05, 4.69) is 30.7 Å². The topological polar surface area (TPSA) is 119 Å². The number of fused-ring (bicyclic) bond motifs is 1. The highest BCUT2D eigenvalue weighted by Gasteiger charge is 2.10. The number of hydrogen-bond acceptors (Lipinski definition) is 4. The normalized spacial score (nSPS) is 10.7. The Kier molecular flexibility index (Phi) is 2.19. The molecule has 0 bridgehead atoms. The first-order chi connectivity index (χ1) is 8.72. The second-order valence-corrected chi connectivity index (χ2v) is 3.65. The van der Waals surface area contributed by atoms with Crippen molar-refractivity contribution in [3.63, 3.8) is 0 Å². The van der Waals surface area contributed by atoms with Gasteiger partial charge in [0, 0.05) is 11.1 Å². The maximum Gasteiger partial charge on any atom is 0.341 e. The molecule has 8 heteroatoms. The number of nitrogens with one attached hydrogen (secondary N) is 4. The van der Waals surface area contributed by atoms with Gasteiger partial charge >= 0.3 is 5.69 Å². The van der Waals surface area contributed by atoms with Crippen LogP contribution in [0, 0.1) is 0 Å². The van der Waals surface area contributed by atoms with Crippen molar-refractivity contribution in [3.8, 4) is 0 Å². The fourth-order valence-corrected chi connectivity index (χ4v) is 1.58. The van der Waals surface area contributed by atoms with Gasteiger partial charge in [-0.2, -0.15) is 5.10 Å². The number of rotatable bonds is 2. The molecule has 18 heavy (non-hydrogen) atoms. The molecular weight excluding hydrogens is 236 g/mol. The Balaban J connectivity index is 1.87. The summed E-state index contributed by atoms with van der Waals surface area (Å²) >= 11 is 0. The fourth-order valence-electron chi connectivity index (χ4n) is 1.58. The van der Waals surface area contributed by atoms with Gasteiger partial charge in [0.2, 0.25) is 5.82 Å². The molecule has 8 nitrogen and oxygen atoms in total. The molecule has 0 unspecified atom stereocenters. The van der Waals surface area contributed by atoms with Gasteiger partial charge in [0.05, 0.1) is 11.7 Å². The minimum atomic E-state index is -0.524. The molecule has 0 saturated carbocycles. The lowest BCUT2D eigenvalue weighted by molar-refractivity contribution is 0.101. The highest BCUT2D eigenvalue weighted by molar-refractivity contribution is 6.02. The van der Waals surface area contributed by atoms with Crippen LogP contribution in [-0.2, 0) is 0 Å². The molecule has 0 fully saturated rings. The smallest absolute Gasteiger partial charge is 0.319 e. The van der Waals surface area contributed by atoms with Crippen molar-refractivity contribution in [1.29, 1.82) is 0 Å². The lowest BCUT2D eigenvalue weighted by atomic mass is 10.2. The minimum absolute atomic E-state index is 0.0651. The standard InChI is InChI=1S/C10H8N6O2/c17-9(8-13-10(18)16-15-8)12-6-2-1-5-4-11-14-7(5)3-6/h1-4H,(H,11,14)(H,12,17)(H2,13,15,16,18). The Morgan fingerprint density at radius 2 is 2.17 bits per heavy atom. The number of aromatic nitrogens is 5. The zero-order valence-electron chi connectivity index (χ0n) is 9.02. The van der Waals surface area contributed by atoms with E-state index >= 15 is 0 Å². The van der Waals surface area contributed by atoms with Gasteiger partial charge in [-0.3, -0.25) is 14.9 Å². The maximum atomic E-state index is 11.7. The van der Waals surface area contributed by atoms with Gasteiger partial charge in [0.15, 0.2) is 0 Å². The van der Waals surface area contributed by atoms with Gasteiger partial charge in [0.1, 0.15) is 0 Å². The van der Waals surface area contributed by atoms with Gasteiger partial charge in [-0.25, -0.2) is 9.89 Å². The minimum Gasteiger partial charge on any atom is -0.319 e. The van der Waals surface area contributed by atoms with E-state index in [0.29, 0.717) is 5.69 Å². The molecule has 0 spiro atoms. The SMILES string of the molecule is O=C(Nc1ccc2cn[nH]c2c1)c1n[nH]c(=O)[nH]1. The number of anilines is 1. The van der Waals surface area contributed by atoms with E-state index in [-0.39, 0.29) is 5.82 Å². The Morgan fingerprint density at radius 3 is 2.94 bits per heavy atom. The van der Waals surface area contributed by atoms with Gasteiger partial charge in [-0.1, -0.05) is 0 Å². The molecular formula is C10H8N6O2. The van der Waals surface area contributed by atoms with Crippen LogP contribution in [0.15, 0.2) is 29.2 Å². The third-order valence-corrected chi connectivity index (χ3v) is 2.42. The number of benzene rings is 1. The average molecular weight is 244 g/mol. The summed E-state index contributed by atoms with van der Waals surface area (Å²) in [5.41, 5.74) is 0.869. The third-order valence-electron chi connectivity index (χ3n) is 2.42. The van der Waals surface area contributed by atoms with E-state index in [1.165, 1.54) is 0 Å². The van der Waals surface area contributed by atoms with Crippen LogP contribution in [0.1, 0.15) is 10.6 Å². The Hall–Kier alpha value is -2.90. The predicted octanol–water partition coefficient (Wildman–Crippen LogP) is 0.227. The first-order valence-electron chi connectivity index (χ1n) is 5.11. The van der Waals surface area contributed by atoms with E-state index in [9.17, 15) is 9.59 Å². The highest BCUT2D eigenvalue weighted by Crippen LogP contribution is 2.16. The van der Waals surface area contributed by atoms with Crippen molar-refractivity contribution < 1.29 is 4.79 Å². The van der Waals surface area contributed by atoms with Crippen molar-refractivity contribution in [2.75, 3.05) is 5.32 Å². The van der Waals surface area contributed by atoms with Gasteiger partial charge in [-0.05, 0) is 18.2 Å². The molecule has 1 aromatic carbocycles. The summed E-state index contributed by atoms with van der Waals surface area (Å²) in [6.07, 6.45) is 1.69. The van der Waals surface area contributed by atoms with E-state index in [4.69, 9.17) is 0 Å². The number of hydrogen-bond donors (Lipinski definition) is 4. The van der Waals surface area contributed by atoms with Crippen molar-refractivity contribution in [2.45, 2.75) is 0 Å². The molecule has 0 saturated heterocycles. The zero-order chi connectivity index (χ0) is 12.5. The molecule has 0 radical (unpaired) electrons. The van der Waals surface area contributed by atoms with E-state index in [1.807, 2.05) is 6.07 Å². The molecule has 0 atom stereocenters. The molecule has 0 aliphatic heterocycles. The van der Waals surface area contributed by atoms with Crippen LogP contribution in [0.5, 0.6) is 0 Å². The Morgan fingerprint density at radius 1 is 1.28 bits per heavy atom. The largest absolute Gasteiger partial charge is 0.341 e. The summed E-state index contributed by atoms with van der Waals surface area (Å²) in [5, 5.41) is 15.9. The second kappa shape index (κ2) is 3.84. The Bertz CT molecular complexity index is 768. The second-order valence-electron chi connectivity index (χ2n) is 3.65. The van der Waals surface area contributed by atoms with Crippen molar-refractivity contribution in [3.05, 3.63) is 40.7 Å². The van der Waals surface area contributed by atoms with E-state index < -0.39 is 11.6 Å². The predicted molar refractivity (Wildman–Crippen MR) is 63.3 cm³/mol. The van der Waals surface area contributed by atoms with Crippen LogP contribution in [0.3, 0.4) is 0 Å². The quantitative estimate of drug-likeness (QED) is 0.515. The first kappa shape index (κ1) is 10.3. The number of carbonyl (C=O) groups is 1. The molecule has 3 rings (SSSR count). The molecule has 1 amide bonds. The molecule has 0 aliphatic rings. The van der Waals surface area contributed by atoms with Crippen LogP contribution < -0.4 is 11.0 Å². The Labute approximate surface area is 99.4 Å².